The fourth-order valence-corrected chi connectivity index (χ4v) is 3.13. The van der Waals surface area contributed by atoms with Crippen LogP contribution >= 0.6 is 0 Å². The van der Waals surface area contributed by atoms with Crippen LogP contribution < -0.4 is 10.3 Å². The standard InChI is InChI=1S/C16H16F3N5O3S/c1-8(10-3-5-11(6-4-10)16(17,18)19)24-14-13(15(25)22-9(2)21-14)12(23-24)7-20-28(26)27/h3-6,8,28H,7H2,1-2H3,(H,20,26,27)(H,21,22,25). The molecule has 0 saturated heterocycles. The second-order valence-electron chi connectivity index (χ2n) is 6.13. The molecule has 1 aromatic carbocycles. The molecular formula is C16H16F3N5O3S. The third-order valence-electron chi connectivity index (χ3n) is 4.22. The van der Waals surface area contributed by atoms with E-state index in [9.17, 15) is 26.4 Å². The van der Waals surface area contributed by atoms with Gasteiger partial charge in [0.1, 0.15) is 11.2 Å². The van der Waals surface area contributed by atoms with Crippen LogP contribution in [0.2, 0.25) is 0 Å². The number of aryl methyl sites for hydroxylation is 1. The highest BCUT2D eigenvalue weighted by molar-refractivity contribution is 7.70. The van der Waals surface area contributed by atoms with Crippen molar-refractivity contribution in [1.29, 1.82) is 0 Å². The Morgan fingerprint density at radius 1 is 1.25 bits per heavy atom. The lowest BCUT2D eigenvalue weighted by atomic mass is 10.1. The first-order chi connectivity index (χ1) is 13.1. The van der Waals surface area contributed by atoms with E-state index in [0.29, 0.717) is 11.4 Å². The summed E-state index contributed by atoms with van der Waals surface area (Å²) in [5.74, 6) is 0.327. The first-order valence-electron chi connectivity index (χ1n) is 8.11. The minimum absolute atomic E-state index is 0.119. The number of hydrogen-bond donors (Lipinski definition) is 3. The van der Waals surface area contributed by atoms with Gasteiger partial charge in [-0.25, -0.2) is 22.8 Å². The van der Waals surface area contributed by atoms with Crippen LogP contribution in [-0.4, -0.2) is 28.2 Å². The van der Waals surface area contributed by atoms with E-state index in [1.54, 1.807) is 13.8 Å². The van der Waals surface area contributed by atoms with Gasteiger partial charge in [0.25, 0.3) is 5.56 Å². The van der Waals surface area contributed by atoms with Gasteiger partial charge >= 0.3 is 6.18 Å². The molecule has 0 radical (unpaired) electrons. The van der Waals surface area contributed by atoms with Crippen molar-refractivity contribution in [3.63, 3.8) is 0 Å². The Balaban J connectivity index is 2.10. The Bertz CT molecular complexity index is 1140. The van der Waals surface area contributed by atoms with E-state index in [1.165, 1.54) is 16.8 Å². The van der Waals surface area contributed by atoms with Gasteiger partial charge in [-0.1, -0.05) is 12.1 Å². The highest BCUT2D eigenvalue weighted by Gasteiger charge is 2.30. The van der Waals surface area contributed by atoms with Gasteiger partial charge in [-0.05, 0) is 31.5 Å². The Hall–Kier alpha value is -2.73. The van der Waals surface area contributed by atoms with Crippen LogP contribution in [0.4, 0.5) is 13.2 Å². The molecule has 0 bridgehead atoms. The first-order valence-corrected chi connectivity index (χ1v) is 9.28. The number of aromatic nitrogens is 4. The summed E-state index contributed by atoms with van der Waals surface area (Å²) in [7, 11) is -2.90. The molecule has 3 aromatic rings. The predicted molar refractivity (Wildman–Crippen MR) is 95.3 cm³/mol. The fourth-order valence-electron chi connectivity index (χ4n) is 2.85. The Kier molecular flexibility index (Phi) is 5.26. The number of nitrogens with one attached hydrogen (secondary N) is 2. The van der Waals surface area contributed by atoms with Crippen molar-refractivity contribution in [1.82, 2.24) is 24.5 Å². The average molecular weight is 415 g/mol. The van der Waals surface area contributed by atoms with Crippen molar-refractivity contribution in [2.45, 2.75) is 32.6 Å². The van der Waals surface area contributed by atoms with Crippen LogP contribution in [0.3, 0.4) is 0 Å². The largest absolute Gasteiger partial charge is 0.416 e. The Labute approximate surface area is 158 Å². The minimum atomic E-state index is -4.44. The molecule has 1 unspecified atom stereocenters. The third-order valence-corrected chi connectivity index (χ3v) is 4.63. The van der Waals surface area contributed by atoms with E-state index >= 15 is 0 Å². The quantitative estimate of drug-likeness (QED) is 0.549. The maximum Gasteiger partial charge on any atom is 0.416 e. The van der Waals surface area contributed by atoms with E-state index in [1.807, 2.05) is 0 Å². The molecule has 0 aliphatic rings. The van der Waals surface area contributed by atoms with Gasteiger partial charge in [0, 0.05) is 0 Å². The summed E-state index contributed by atoms with van der Waals surface area (Å²) in [5, 5.41) is 4.41. The van der Waals surface area contributed by atoms with Crippen LogP contribution in [0.15, 0.2) is 29.1 Å². The maximum absolute atomic E-state index is 12.8. The molecule has 0 aliphatic heterocycles. The maximum atomic E-state index is 12.8. The van der Waals surface area contributed by atoms with Gasteiger partial charge in [0.15, 0.2) is 5.65 Å². The number of halogens is 3. The molecule has 1 atom stereocenters. The van der Waals surface area contributed by atoms with Crippen LogP contribution in [0, 0.1) is 6.92 Å². The summed E-state index contributed by atoms with van der Waals surface area (Å²) in [5.41, 5.74) is -0.352. The Morgan fingerprint density at radius 3 is 2.46 bits per heavy atom. The normalized spacial score (nSPS) is 13.4. The van der Waals surface area contributed by atoms with Crippen molar-refractivity contribution in [2.75, 3.05) is 0 Å². The number of alkyl halides is 3. The number of hydrogen-bond acceptors (Lipinski definition) is 5. The van der Waals surface area contributed by atoms with Gasteiger partial charge in [-0.15, -0.1) is 0 Å². The average Bonchev–Trinajstić information content (AvgIpc) is 2.97. The SMILES string of the molecule is Cc1nc2c(c(CN[SH](=O)=O)nn2C(C)c2ccc(C(F)(F)F)cc2)c(=O)[nH]1. The lowest BCUT2D eigenvalue weighted by molar-refractivity contribution is -0.137. The zero-order valence-electron chi connectivity index (χ0n) is 14.7. The zero-order valence-corrected chi connectivity index (χ0v) is 15.6. The second kappa shape index (κ2) is 7.36. The summed E-state index contributed by atoms with van der Waals surface area (Å²) in [6.07, 6.45) is -4.44. The highest BCUT2D eigenvalue weighted by atomic mass is 32.2. The van der Waals surface area contributed by atoms with E-state index < -0.39 is 34.2 Å². The second-order valence-corrected chi connectivity index (χ2v) is 6.96. The first kappa shape index (κ1) is 20.0. The van der Waals surface area contributed by atoms with E-state index in [2.05, 4.69) is 19.8 Å². The zero-order chi connectivity index (χ0) is 20.6. The smallest absolute Gasteiger partial charge is 0.310 e. The molecular weight excluding hydrogens is 399 g/mol. The van der Waals surface area contributed by atoms with Gasteiger partial charge in [-0.3, -0.25) is 4.79 Å². The molecule has 0 fully saturated rings. The van der Waals surface area contributed by atoms with Crippen LogP contribution in [-0.2, 0) is 23.6 Å². The van der Waals surface area contributed by atoms with Crippen LogP contribution in [0.1, 0.15) is 35.6 Å². The number of thiol groups is 1. The van der Waals surface area contributed by atoms with Crippen molar-refractivity contribution in [3.8, 4) is 0 Å². The summed E-state index contributed by atoms with van der Waals surface area (Å²) >= 11 is 0. The number of fused-ring (bicyclic) bond motifs is 1. The molecule has 12 heteroatoms. The molecule has 0 saturated carbocycles. The van der Waals surface area contributed by atoms with Crippen molar-refractivity contribution in [2.24, 2.45) is 0 Å². The number of nitrogens with zero attached hydrogens (tertiary/aromatic N) is 3. The predicted octanol–water partition coefficient (Wildman–Crippen LogP) is 1.67. The topological polar surface area (TPSA) is 110 Å². The lowest BCUT2D eigenvalue weighted by Gasteiger charge is -2.15. The van der Waals surface area contributed by atoms with Gasteiger partial charge in [0.2, 0.25) is 10.9 Å². The van der Waals surface area contributed by atoms with Gasteiger partial charge < -0.3 is 4.98 Å². The summed E-state index contributed by atoms with van der Waals surface area (Å²) in [4.78, 5) is 19.1. The molecule has 28 heavy (non-hydrogen) atoms. The summed E-state index contributed by atoms with van der Waals surface area (Å²) in [6.45, 7) is 3.06. The Morgan fingerprint density at radius 2 is 1.89 bits per heavy atom. The van der Waals surface area contributed by atoms with E-state index in [-0.39, 0.29) is 23.3 Å². The molecule has 0 aliphatic carbocycles. The van der Waals surface area contributed by atoms with E-state index in [0.717, 1.165) is 12.1 Å². The third kappa shape index (κ3) is 3.92. The van der Waals surface area contributed by atoms with Crippen LogP contribution in [0.5, 0.6) is 0 Å². The minimum Gasteiger partial charge on any atom is -0.310 e. The van der Waals surface area contributed by atoms with E-state index in [4.69, 9.17) is 0 Å². The number of rotatable bonds is 5. The molecule has 8 nitrogen and oxygen atoms in total. The van der Waals surface area contributed by atoms with Gasteiger partial charge in [0.05, 0.1) is 23.8 Å². The van der Waals surface area contributed by atoms with Crippen molar-refractivity contribution >= 4 is 21.9 Å². The lowest BCUT2D eigenvalue weighted by Crippen LogP contribution is -2.15. The molecule has 150 valence electrons. The van der Waals surface area contributed by atoms with Crippen LogP contribution in [0.25, 0.3) is 11.0 Å². The molecule has 0 amide bonds. The van der Waals surface area contributed by atoms with Crippen molar-refractivity contribution in [3.05, 3.63) is 57.3 Å². The van der Waals surface area contributed by atoms with Crippen molar-refractivity contribution < 1.29 is 21.6 Å². The summed E-state index contributed by atoms with van der Waals surface area (Å²) in [6, 6.07) is 4.04. The number of benzene rings is 1. The molecule has 3 rings (SSSR count). The monoisotopic (exact) mass is 415 g/mol. The van der Waals surface area contributed by atoms with Gasteiger partial charge in [-0.2, -0.15) is 18.3 Å². The number of H-pyrrole nitrogens is 1. The molecule has 2 heterocycles. The molecule has 2 N–H and O–H groups in total. The fraction of sp³-hybridized carbons (Fsp3) is 0.312. The number of aromatic amines is 1. The highest BCUT2D eigenvalue weighted by Crippen LogP contribution is 2.31. The summed E-state index contributed by atoms with van der Waals surface area (Å²) < 4.78 is 63.5. The molecule has 0 spiro atoms. The molecule has 2 aromatic heterocycles.